The average molecular weight is 278 g/mol. The number of ether oxygens (including phenoxy) is 2. The first kappa shape index (κ1) is 14.0. The summed E-state index contributed by atoms with van der Waals surface area (Å²) in [5, 5.41) is 10.9. The normalized spacial score (nSPS) is 16.1. The van der Waals surface area contributed by atoms with Gasteiger partial charge >= 0.3 is 5.97 Å². The quantitative estimate of drug-likeness (QED) is 0.498. The zero-order valence-corrected chi connectivity index (χ0v) is 11.0. The molecule has 6 heteroatoms. The molecule has 1 fully saturated rings. The van der Waals surface area contributed by atoms with Crippen molar-refractivity contribution >= 4 is 11.7 Å². The molecule has 1 aromatic rings. The molecule has 0 atom stereocenters. The zero-order valence-electron chi connectivity index (χ0n) is 11.0. The minimum Gasteiger partial charge on any atom is -0.477 e. The number of esters is 1. The first-order chi connectivity index (χ1) is 9.65. The molecule has 0 bridgehead atoms. The summed E-state index contributed by atoms with van der Waals surface area (Å²) < 4.78 is 23.9. The Morgan fingerprint density at radius 3 is 2.85 bits per heavy atom. The topological polar surface area (TPSA) is 71.4 Å². The summed E-state index contributed by atoms with van der Waals surface area (Å²) in [5.41, 5.74) is -0.319. The molecule has 5 nitrogen and oxygen atoms in total. The second kappa shape index (κ2) is 6.18. The van der Waals surface area contributed by atoms with Crippen molar-refractivity contribution < 1.29 is 18.7 Å². The highest BCUT2D eigenvalue weighted by Gasteiger charge is 2.27. The van der Waals surface area contributed by atoms with E-state index in [1.807, 2.05) is 0 Å². The fraction of sp³-hybridized carbons (Fsp3) is 0.286. The number of nitrogens with one attached hydrogen (secondary N) is 2. The van der Waals surface area contributed by atoms with Gasteiger partial charge in [-0.3, -0.25) is 5.41 Å². The molecule has 2 N–H and O–H groups in total. The maximum Gasteiger partial charge on any atom is 0.345 e. The monoisotopic (exact) mass is 278 g/mol. The predicted octanol–water partition coefficient (Wildman–Crippen LogP) is 1.59. The number of hydrogen-bond donors (Lipinski definition) is 2. The van der Waals surface area contributed by atoms with Crippen LogP contribution in [-0.2, 0) is 14.3 Å². The Kier molecular flexibility index (Phi) is 4.34. The summed E-state index contributed by atoms with van der Waals surface area (Å²) in [7, 11) is 0. The molecule has 1 heterocycles. The SMILES string of the molecule is CCOC(=O)/C(C(=N)c1ccccc1F)=C1/NCCO1. The smallest absolute Gasteiger partial charge is 0.345 e. The summed E-state index contributed by atoms with van der Waals surface area (Å²) >= 11 is 0. The van der Waals surface area contributed by atoms with E-state index in [1.54, 1.807) is 13.0 Å². The van der Waals surface area contributed by atoms with Gasteiger partial charge in [0.15, 0.2) is 0 Å². The van der Waals surface area contributed by atoms with Gasteiger partial charge in [0.25, 0.3) is 0 Å². The molecular weight excluding hydrogens is 263 g/mol. The highest BCUT2D eigenvalue weighted by atomic mass is 19.1. The van der Waals surface area contributed by atoms with Crippen LogP contribution in [0, 0.1) is 11.2 Å². The van der Waals surface area contributed by atoms with Gasteiger partial charge in [0.1, 0.15) is 18.0 Å². The molecule has 1 aliphatic rings. The van der Waals surface area contributed by atoms with Crippen LogP contribution in [-0.4, -0.2) is 31.4 Å². The second-order valence-corrected chi connectivity index (χ2v) is 4.05. The van der Waals surface area contributed by atoms with E-state index in [0.29, 0.717) is 13.2 Å². The number of carbonyl (C=O) groups excluding carboxylic acids is 1. The minimum absolute atomic E-state index is 0.0281. The van der Waals surface area contributed by atoms with Crippen molar-refractivity contribution in [3.8, 4) is 0 Å². The summed E-state index contributed by atoms with van der Waals surface area (Å²) in [6.45, 7) is 2.75. The molecule has 1 aromatic carbocycles. The maximum atomic E-state index is 13.8. The Labute approximate surface area is 115 Å². The highest BCUT2D eigenvalue weighted by Crippen LogP contribution is 2.18. The first-order valence-electron chi connectivity index (χ1n) is 6.27. The van der Waals surface area contributed by atoms with Gasteiger partial charge in [-0.2, -0.15) is 0 Å². The standard InChI is InChI=1S/C14H15FN2O3/c1-2-19-14(18)11(13-17-7-8-20-13)12(16)9-5-3-4-6-10(9)15/h3-6,16-17H,2,7-8H2,1H3/b13-11-,16-12?. The lowest BCUT2D eigenvalue weighted by atomic mass is 10.0. The lowest BCUT2D eigenvalue weighted by molar-refractivity contribution is -0.138. The lowest BCUT2D eigenvalue weighted by Crippen LogP contribution is -2.23. The van der Waals surface area contributed by atoms with Gasteiger partial charge in [0.2, 0.25) is 5.88 Å². The van der Waals surface area contributed by atoms with Gasteiger partial charge in [-0.05, 0) is 19.1 Å². The van der Waals surface area contributed by atoms with E-state index in [2.05, 4.69) is 5.32 Å². The van der Waals surface area contributed by atoms with Crippen LogP contribution in [0.25, 0.3) is 0 Å². The average Bonchev–Trinajstić information content (AvgIpc) is 2.93. The van der Waals surface area contributed by atoms with Crippen LogP contribution in [0.1, 0.15) is 12.5 Å². The van der Waals surface area contributed by atoms with Gasteiger partial charge in [0, 0.05) is 5.56 Å². The van der Waals surface area contributed by atoms with Crippen LogP contribution in [0.4, 0.5) is 4.39 Å². The molecule has 0 aliphatic carbocycles. The third kappa shape index (κ3) is 2.79. The van der Waals surface area contributed by atoms with Gasteiger partial charge in [-0.1, -0.05) is 12.1 Å². The lowest BCUT2D eigenvalue weighted by Gasteiger charge is -2.12. The second-order valence-electron chi connectivity index (χ2n) is 4.05. The van der Waals surface area contributed by atoms with Gasteiger partial charge in [-0.15, -0.1) is 0 Å². The third-order valence-corrected chi connectivity index (χ3v) is 2.73. The van der Waals surface area contributed by atoms with Crippen molar-refractivity contribution in [3.05, 3.63) is 47.1 Å². The molecule has 0 saturated carbocycles. The predicted molar refractivity (Wildman–Crippen MR) is 70.8 cm³/mol. The molecule has 1 saturated heterocycles. The van der Waals surface area contributed by atoms with Crippen LogP contribution in [0.2, 0.25) is 0 Å². The molecule has 1 aliphatic heterocycles. The number of rotatable bonds is 4. The van der Waals surface area contributed by atoms with Crippen molar-refractivity contribution in [1.29, 1.82) is 5.41 Å². The summed E-state index contributed by atoms with van der Waals surface area (Å²) in [6.07, 6.45) is 0. The van der Waals surface area contributed by atoms with Crippen molar-refractivity contribution in [3.63, 3.8) is 0 Å². The fourth-order valence-electron chi connectivity index (χ4n) is 1.84. The molecule has 0 spiro atoms. The molecule has 20 heavy (non-hydrogen) atoms. The van der Waals surface area contributed by atoms with Crippen molar-refractivity contribution in [2.24, 2.45) is 0 Å². The molecular formula is C14H15FN2O3. The van der Waals surface area contributed by atoms with Crippen LogP contribution in [0.15, 0.2) is 35.7 Å². The Morgan fingerprint density at radius 1 is 1.50 bits per heavy atom. The van der Waals surface area contributed by atoms with Crippen LogP contribution < -0.4 is 5.32 Å². The summed E-state index contributed by atoms with van der Waals surface area (Å²) in [4.78, 5) is 12.0. The van der Waals surface area contributed by atoms with E-state index in [4.69, 9.17) is 14.9 Å². The zero-order chi connectivity index (χ0) is 14.5. The van der Waals surface area contributed by atoms with Crippen molar-refractivity contribution in [2.75, 3.05) is 19.8 Å². The fourth-order valence-corrected chi connectivity index (χ4v) is 1.84. The Balaban J connectivity index is 2.42. The number of carbonyl (C=O) groups is 1. The number of halogens is 1. The summed E-state index contributed by atoms with van der Waals surface area (Å²) in [6, 6.07) is 5.80. The largest absolute Gasteiger partial charge is 0.477 e. The molecule has 106 valence electrons. The van der Waals surface area contributed by atoms with Crippen LogP contribution in [0.3, 0.4) is 0 Å². The third-order valence-electron chi connectivity index (χ3n) is 2.73. The first-order valence-corrected chi connectivity index (χ1v) is 6.27. The Hall–Kier alpha value is -2.37. The molecule has 0 unspecified atom stereocenters. The van der Waals surface area contributed by atoms with E-state index in [-0.39, 0.29) is 29.3 Å². The Bertz CT molecular complexity index is 561. The van der Waals surface area contributed by atoms with Gasteiger partial charge in [-0.25, -0.2) is 9.18 Å². The van der Waals surface area contributed by atoms with Gasteiger partial charge < -0.3 is 14.8 Å². The Morgan fingerprint density at radius 2 is 2.25 bits per heavy atom. The van der Waals surface area contributed by atoms with E-state index in [0.717, 1.165) is 0 Å². The molecule has 0 radical (unpaired) electrons. The van der Waals surface area contributed by atoms with E-state index >= 15 is 0 Å². The number of hydrogen-bond acceptors (Lipinski definition) is 5. The van der Waals surface area contributed by atoms with E-state index in [1.165, 1.54) is 18.2 Å². The number of benzene rings is 1. The van der Waals surface area contributed by atoms with Crippen molar-refractivity contribution in [1.82, 2.24) is 5.32 Å². The van der Waals surface area contributed by atoms with Gasteiger partial charge in [0.05, 0.1) is 18.9 Å². The van der Waals surface area contributed by atoms with Crippen molar-refractivity contribution in [2.45, 2.75) is 6.92 Å². The van der Waals surface area contributed by atoms with E-state index in [9.17, 15) is 9.18 Å². The van der Waals surface area contributed by atoms with Crippen LogP contribution >= 0.6 is 0 Å². The molecule has 0 aromatic heterocycles. The van der Waals surface area contributed by atoms with Crippen LogP contribution in [0.5, 0.6) is 0 Å². The minimum atomic E-state index is -0.704. The molecule has 0 amide bonds. The maximum absolute atomic E-state index is 13.8. The summed E-state index contributed by atoms with van der Waals surface area (Å²) in [5.74, 6) is -1.11. The molecule has 2 rings (SSSR count). The highest BCUT2D eigenvalue weighted by molar-refractivity contribution is 6.25. The van der Waals surface area contributed by atoms with E-state index < -0.39 is 11.8 Å².